The second kappa shape index (κ2) is 9.71. The molecule has 142 valence electrons. The zero-order valence-electron chi connectivity index (χ0n) is 15.5. The summed E-state index contributed by atoms with van der Waals surface area (Å²) in [6.45, 7) is 1.91. The molecule has 1 aromatic heterocycles. The molecule has 2 aromatic carbocycles. The van der Waals surface area contributed by atoms with Crippen LogP contribution in [0.15, 0.2) is 78.0 Å². The SMILES string of the molecule is Cc1ccc(NC(=O)CCSc2ccccc2)cc1NC(=O)c1ccncc1. The van der Waals surface area contributed by atoms with Crippen LogP contribution in [0, 0.1) is 6.92 Å². The fourth-order valence-corrected chi connectivity index (χ4v) is 3.41. The Bertz CT molecular complexity index is 947. The first-order valence-electron chi connectivity index (χ1n) is 8.91. The topological polar surface area (TPSA) is 71.1 Å². The van der Waals surface area contributed by atoms with Crippen molar-refractivity contribution in [3.8, 4) is 0 Å². The Kier molecular flexibility index (Phi) is 6.81. The highest BCUT2D eigenvalue weighted by atomic mass is 32.2. The third-order valence-electron chi connectivity index (χ3n) is 4.05. The molecule has 0 aliphatic heterocycles. The zero-order chi connectivity index (χ0) is 19.8. The largest absolute Gasteiger partial charge is 0.326 e. The zero-order valence-corrected chi connectivity index (χ0v) is 16.3. The van der Waals surface area contributed by atoms with Crippen molar-refractivity contribution in [1.82, 2.24) is 4.98 Å². The predicted octanol–water partition coefficient (Wildman–Crippen LogP) is 4.76. The number of amides is 2. The van der Waals surface area contributed by atoms with Gasteiger partial charge in [0.15, 0.2) is 0 Å². The Hall–Kier alpha value is -3.12. The fourth-order valence-electron chi connectivity index (χ4n) is 2.53. The van der Waals surface area contributed by atoms with Gasteiger partial charge in [-0.15, -0.1) is 11.8 Å². The monoisotopic (exact) mass is 391 g/mol. The van der Waals surface area contributed by atoms with Crippen LogP contribution in [0.5, 0.6) is 0 Å². The molecule has 28 heavy (non-hydrogen) atoms. The minimum Gasteiger partial charge on any atom is -0.326 e. The number of carbonyl (C=O) groups excluding carboxylic acids is 2. The number of nitrogens with one attached hydrogen (secondary N) is 2. The van der Waals surface area contributed by atoms with Crippen LogP contribution in [0.4, 0.5) is 11.4 Å². The van der Waals surface area contributed by atoms with E-state index in [9.17, 15) is 9.59 Å². The lowest BCUT2D eigenvalue weighted by Gasteiger charge is -2.12. The van der Waals surface area contributed by atoms with Crippen LogP contribution >= 0.6 is 11.8 Å². The van der Waals surface area contributed by atoms with Gasteiger partial charge in [-0.3, -0.25) is 14.6 Å². The molecule has 0 spiro atoms. The molecule has 0 radical (unpaired) electrons. The minimum atomic E-state index is -0.215. The predicted molar refractivity (Wildman–Crippen MR) is 114 cm³/mol. The molecule has 1 heterocycles. The van der Waals surface area contributed by atoms with E-state index in [2.05, 4.69) is 15.6 Å². The van der Waals surface area contributed by atoms with E-state index < -0.39 is 0 Å². The number of hydrogen-bond donors (Lipinski definition) is 2. The van der Waals surface area contributed by atoms with Crippen LogP contribution in [0.2, 0.25) is 0 Å². The second-order valence-electron chi connectivity index (χ2n) is 6.18. The average molecular weight is 391 g/mol. The van der Waals surface area contributed by atoms with E-state index in [1.54, 1.807) is 42.4 Å². The lowest BCUT2D eigenvalue weighted by atomic mass is 10.1. The number of aromatic nitrogens is 1. The number of pyridine rings is 1. The maximum absolute atomic E-state index is 12.3. The molecular formula is C22H21N3O2S. The Morgan fingerprint density at radius 1 is 0.964 bits per heavy atom. The number of thioether (sulfide) groups is 1. The Morgan fingerprint density at radius 2 is 1.71 bits per heavy atom. The molecule has 0 aliphatic carbocycles. The summed E-state index contributed by atoms with van der Waals surface area (Å²) in [4.78, 5) is 29.6. The lowest BCUT2D eigenvalue weighted by Crippen LogP contribution is -2.15. The number of anilines is 2. The van der Waals surface area contributed by atoms with Gasteiger partial charge in [-0.2, -0.15) is 0 Å². The van der Waals surface area contributed by atoms with Gasteiger partial charge in [0.2, 0.25) is 5.91 Å². The molecule has 5 nitrogen and oxygen atoms in total. The first-order chi connectivity index (χ1) is 13.6. The van der Waals surface area contributed by atoms with E-state index in [1.165, 1.54) is 0 Å². The van der Waals surface area contributed by atoms with Gasteiger partial charge >= 0.3 is 0 Å². The van der Waals surface area contributed by atoms with Crippen molar-refractivity contribution in [3.05, 3.63) is 84.2 Å². The van der Waals surface area contributed by atoms with Crippen LogP contribution in [-0.4, -0.2) is 22.6 Å². The molecule has 3 rings (SSSR count). The van der Waals surface area contributed by atoms with Crippen molar-refractivity contribution < 1.29 is 9.59 Å². The van der Waals surface area contributed by atoms with E-state index in [-0.39, 0.29) is 11.8 Å². The van der Waals surface area contributed by atoms with Crippen molar-refractivity contribution in [2.24, 2.45) is 0 Å². The van der Waals surface area contributed by atoms with Gasteiger partial charge in [-0.25, -0.2) is 0 Å². The molecule has 3 aromatic rings. The van der Waals surface area contributed by atoms with E-state index in [1.807, 2.05) is 49.4 Å². The molecule has 0 unspecified atom stereocenters. The van der Waals surface area contributed by atoms with Crippen molar-refractivity contribution in [1.29, 1.82) is 0 Å². The number of hydrogen-bond acceptors (Lipinski definition) is 4. The number of nitrogens with zero attached hydrogens (tertiary/aromatic N) is 1. The van der Waals surface area contributed by atoms with E-state index >= 15 is 0 Å². The van der Waals surface area contributed by atoms with Gasteiger partial charge in [0, 0.05) is 46.4 Å². The van der Waals surface area contributed by atoms with Crippen molar-refractivity contribution >= 4 is 35.0 Å². The maximum Gasteiger partial charge on any atom is 0.255 e. The number of benzene rings is 2. The Balaban J connectivity index is 1.56. The molecule has 0 saturated heterocycles. The third kappa shape index (κ3) is 5.69. The lowest BCUT2D eigenvalue weighted by molar-refractivity contribution is -0.115. The maximum atomic E-state index is 12.3. The van der Waals surface area contributed by atoms with Crippen LogP contribution in [-0.2, 0) is 4.79 Å². The quantitative estimate of drug-likeness (QED) is 0.570. The highest BCUT2D eigenvalue weighted by Crippen LogP contribution is 2.22. The van der Waals surface area contributed by atoms with Crippen LogP contribution in [0.1, 0.15) is 22.3 Å². The molecule has 0 atom stereocenters. The summed E-state index contributed by atoms with van der Waals surface area (Å²) in [6.07, 6.45) is 3.56. The summed E-state index contributed by atoms with van der Waals surface area (Å²) in [5.41, 5.74) is 2.77. The van der Waals surface area contributed by atoms with E-state index in [0.29, 0.717) is 29.1 Å². The van der Waals surface area contributed by atoms with Gasteiger partial charge in [0.25, 0.3) is 5.91 Å². The van der Waals surface area contributed by atoms with Crippen LogP contribution < -0.4 is 10.6 Å². The summed E-state index contributed by atoms with van der Waals surface area (Å²) in [5, 5.41) is 5.78. The minimum absolute atomic E-state index is 0.0568. The van der Waals surface area contributed by atoms with Crippen molar-refractivity contribution in [2.45, 2.75) is 18.2 Å². The molecule has 6 heteroatoms. The molecule has 0 fully saturated rings. The summed E-state index contributed by atoms with van der Waals surface area (Å²) in [7, 11) is 0. The number of rotatable bonds is 7. The Morgan fingerprint density at radius 3 is 2.46 bits per heavy atom. The van der Waals surface area contributed by atoms with Crippen molar-refractivity contribution in [3.63, 3.8) is 0 Å². The Labute approximate surface area is 168 Å². The smallest absolute Gasteiger partial charge is 0.255 e. The summed E-state index contributed by atoms with van der Waals surface area (Å²) in [6, 6.07) is 18.8. The first kappa shape index (κ1) is 19.6. The first-order valence-corrected chi connectivity index (χ1v) is 9.90. The van der Waals surface area contributed by atoms with Gasteiger partial charge in [0.1, 0.15) is 0 Å². The summed E-state index contributed by atoms with van der Waals surface area (Å²) in [5.74, 6) is 0.430. The second-order valence-corrected chi connectivity index (χ2v) is 7.35. The molecule has 0 bridgehead atoms. The van der Waals surface area contributed by atoms with E-state index in [4.69, 9.17) is 0 Å². The van der Waals surface area contributed by atoms with Gasteiger partial charge in [-0.1, -0.05) is 24.3 Å². The van der Waals surface area contributed by atoms with Gasteiger partial charge in [-0.05, 0) is 48.9 Å². The third-order valence-corrected chi connectivity index (χ3v) is 5.07. The standard InChI is InChI=1S/C22H21N3O2S/c1-16-7-8-18(15-20(16)25-22(27)17-9-12-23-13-10-17)24-21(26)11-14-28-19-5-3-2-4-6-19/h2-10,12-13,15H,11,14H2,1H3,(H,24,26)(H,25,27). The van der Waals surface area contributed by atoms with Crippen LogP contribution in [0.25, 0.3) is 0 Å². The number of aryl methyl sites for hydroxylation is 1. The molecule has 0 saturated carbocycles. The molecule has 0 aliphatic rings. The van der Waals surface area contributed by atoms with Crippen LogP contribution in [0.3, 0.4) is 0 Å². The highest BCUT2D eigenvalue weighted by Gasteiger charge is 2.09. The molecule has 2 N–H and O–H groups in total. The van der Waals surface area contributed by atoms with E-state index in [0.717, 1.165) is 10.5 Å². The normalized spacial score (nSPS) is 10.3. The van der Waals surface area contributed by atoms with Gasteiger partial charge < -0.3 is 10.6 Å². The molecular weight excluding hydrogens is 370 g/mol. The fraction of sp³-hybridized carbons (Fsp3) is 0.136. The summed E-state index contributed by atoms with van der Waals surface area (Å²) >= 11 is 1.65. The van der Waals surface area contributed by atoms with Gasteiger partial charge in [0.05, 0.1) is 0 Å². The molecule has 2 amide bonds. The van der Waals surface area contributed by atoms with Crippen molar-refractivity contribution in [2.75, 3.05) is 16.4 Å². The number of carbonyl (C=O) groups is 2. The average Bonchev–Trinajstić information content (AvgIpc) is 2.72. The summed E-state index contributed by atoms with van der Waals surface area (Å²) < 4.78 is 0. The highest BCUT2D eigenvalue weighted by molar-refractivity contribution is 7.99.